The minimum absolute atomic E-state index is 0.224. The summed E-state index contributed by atoms with van der Waals surface area (Å²) in [6, 6.07) is 3.79. The predicted octanol–water partition coefficient (Wildman–Crippen LogP) is 2.38. The molecule has 102 valence electrons. The van der Waals surface area contributed by atoms with Crippen LogP contribution in [0, 0.1) is 0 Å². The summed E-state index contributed by atoms with van der Waals surface area (Å²) in [4.78, 5) is 4.16. The molecule has 19 heavy (non-hydrogen) atoms. The first-order valence-electron chi connectivity index (χ1n) is 5.78. The van der Waals surface area contributed by atoms with Crippen molar-refractivity contribution >= 4 is 31.9 Å². The standard InChI is InChI=1S/C12H14Br2N4O/c1-18-7-16-11(17-18)2-3-15-6-8-4-9(13)12(19)10(14)5-8/h4-5,7,15,19H,2-3,6H2,1H3. The van der Waals surface area contributed by atoms with Gasteiger partial charge in [0.15, 0.2) is 5.82 Å². The molecule has 0 saturated heterocycles. The summed E-state index contributed by atoms with van der Waals surface area (Å²) in [6.07, 6.45) is 2.49. The number of hydrogen-bond acceptors (Lipinski definition) is 4. The first kappa shape index (κ1) is 14.5. The normalized spacial score (nSPS) is 10.9. The molecule has 0 radical (unpaired) electrons. The Labute approximate surface area is 128 Å². The molecule has 7 heteroatoms. The second-order valence-electron chi connectivity index (χ2n) is 4.17. The predicted molar refractivity (Wildman–Crippen MR) is 79.9 cm³/mol. The van der Waals surface area contributed by atoms with Gasteiger partial charge in [0, 0.05) is 26.6 Å². The topological polar surface area (TPSA) is 63.0 Å². The molecule has 0 bridgehead atoms. The van der Waals surface area contributed by atoms with Crippen LogP contribution in [0.1, 0.15) is 11.4 Å². The van der Waals surface area contributed by atoms with Crippen LogP contribution in [0.15, 0.2) is 27.4 Å². The van der Waals surface area contributed by atoms with Crippen molar-refractivity contribution in [3.63, 3.8) is 0 Å². The molecular weight excluding hydrogens is 376 g/mol. The van der Waals surface area contributed by atoms with Gasteiger partial charge in [-0.25, -0.2) is 4.98 Å². The second kappa shape index (κ2) is 6.49. The zero-order chi connectivity index (χ0) is 13.8. The van der Waals surface area contributed by atoms with Crippen molar-refractivity contribution in [2.45, 2.75) is 13.0 Å². The quantitative estimate of drug-likeness (QED) is 0.770. The number of benzene rings is 1. The number of phenols is 1. The number of aromatic hydroxyl groups is 1. The molecule has 0 amide bonds. The number of hydrogen-bond donors (Lipinski definition) is 2. The fourth-order valence-electron chi connectivity index (χ4n) is 1.65. The molecule has 5 nitrogen and oxygen atoms in total. The zero-order valence-corrected chi connectivity index (χ0v) is 13.6. The average molecular weight is 390 g/mol. The van der Waals surface area contributed by atoms with Crippen LogP contribution in [-0.4, -0.2) is 26.4 Å². The lowest BCUT2D eigenvalue weighted by Crippen LogP contribution is -2.17. The van der Waals surface area contributed by atoms with Crippen LogP contribution in [0.3, 0.4) is 0 Å². The summed E-state index contributed by atoms with van der Waals surface area (Å²) in [6.45, 7) is 1.53. The molecule has 0 fully saturated rings. The SMILES string of the molecule is Cn1cnc(CCNCc2cc(Br)c(O)c(Br)c2)n1. The molecule has 0 aliphatic carbocycles. The largest absolute Gasteiger partial charge is 0.506 e. The molecule has 0 aliphatic heterocycles. The minimum atomic E-state index is 0.224. The Morgan fingerprint density at radius 2 is 2.00 bits per heavy atom. The summed E-state index contributed by atoms with van der Waals surface area (Å²) >= 11 is 6.63. The highest BCUT2D eigenvalue weighted by atomic mass is 79.9. The van der Waals surface area contributed by atoms with Crippen molar-refractivity contribution in [2.24, 2.45) is 7.05 Å². The average Bonchev–Trinajstić information content (AvgIpc) is 2.77. The third-order valence-corrected chi connectivity index (χ3v) is 3.79. The molecule has 2 rings (SSSR count). The Morgan fingerprint density at radius 1 is 1.32 bits per heavy atom. The van der Waals surface area contributed by atoms with Crippen LogP contribution in [0.4, 0.5) is 0 Å². The maximum Gasteiger partial charge on any atom is 0.151 e. The molecule has 0 aliphatic rings. The smallest absolute Gasteiger partial charge is 0.151 e. The van der Waals surface area contributed by atoms with Gasteiger partial charge in [0.05, 0.1) is 8.95 Å². The van der Waals surface area contributed by atoms with E-state index in [4.69, 9.17) is 0 Å². The van der Waals surface area contributed by atoms with Crippen LogP contribution in [0.25, 0.3) is 0 Å². The molecule has 1 aromatic heterocycles. The van der Waals surface area contributed by atoms with Crippen molar-refractivity contribution in [1.82, 2.24) is 20.1 Å². The Balaban J connectivity index is 1.83. The lowest BCUT2D eigenvalue weighted by Gasteiger charge is -2.07. The van der Waals surface area contributed by atoms with E-state index < -0.39 is 0 Å². The molecule has 0 unspecified atom stereocenters. The molecule has 0 spiro atoms. The summed E-state index contributed by atoms with van der Waals surface area (Å²) in [7, 11) is 1.86. The van der Waals surface area contributed by atoms with Gasteiger partial charge >= 0.3 is 0 Å². The van der Waals surface area contributed by atoms with Crippen molar-refractivity contribution in [3.05, 3.63) is 38.8 Å². The van der Waals surface area contributed by atoms with Gasteiger partial charge in [-0.15, -0.1) is 0 Å². The number of nitrogens with one attached hydrogen (secondary N) is 1. The molecule has 1 heterocycles. The summed E-state index contributed by atoms with van der Waals surface area (Å²) in [5, 5.41) is 17.2. The fraction of sp³-hybridized carbons (Fsp3) is 0.333. The molecule has 1 aromatic carbocycles. The highest BCUT2D eigenvalue weighted by Gasteiger charge is 2.05. The van der Waals surface area contributed by atoms with E-state index in [2.05, 4.69) is 47.3 Å². The fourth-order valence-corrected chi connectivity index (χ4v) is 2.93. The van der Waals surface area contributed by atoms with Gasteiger partial charge < -0.3 is 10.4 Å². The van der Waals surface area contributed by atoms with E-state index in [0.29, 0.717) is 8.95 Å². The van der Waals surface area contributed by atoms with E-state index >= 15 is 0 Å². The maximum atomic E-state index is 9.62. The van der Waals surface area contributed by atoms with Crippen molar-refractivity contribution in [1.29, 1.82) is 0 Å². The monoisotopic (exact) mass is 388 g/mol. The van der Waals surface area contributed by atoms with Crippen molar-refractivity contribution < 1.29 is 5.11 Å². The van der Waals surface area contributed by atoms with Crippen LogP contribution in [0.2, 0.25) is 0 Å². The van der Waals surface area contributed by atoms with Crippen LogP contribution < -0.4 is 5.32 Å². The summed E-state index contributed by atoms with van der Waals surface area (Å²) in [5.74, 6) is 1.06. The first-order valence-corrected chi connectivity index (χ1v) is 7.37. The van der Waals surface area contributed by atoms with Gasteiger partial charge in [-0.1, -0.05) is 0 Å². The van der Waals surface area contributed by atoms with Gasteiger partial charge in [0.25, 0.3) is 0 Å². The molecule has 0 atom stereocenters. The van der Waals surface area contributed by atoms with Crippen molar-refractivity contribution in [2.75, 3.05) is 6.54 Å². The Bertz CT molecular complexity index is 548. The number of aromatic nitrogens is 3. The van der Waals surface area contributed by atoms with Gasteiger partial charge in [0.2, 0.25) is 0 Å². The van der Waals surface area contributed by atoms with Gasteiger partial charge in [-0.2, -0.15) is 5.10 Å². The third kappa shape index (κ3) is 4.02. The second-order valence-corrected chi connectivity index (χ2v) is 5.88. The van der Waals surface area contributed by atoms with E-state index in [1.165, 1.54) is 0 Å². The van der Waals surface area contributed by atoms with Crippen LogP contribution >= 0.6 is 31.9 Å². The van der Waals surface area contributed by atoms with Crippen LogP contribution in [-0.2, 0) is 20.0 Å². The Morgan fingerprint density at radius 3 is 2.58 bits per heavy atom. The number of rotatable bonds is 5. The molecule has 2 aromatic rings. The summed E-state index contributed by atoms with van der Waals surface area (Å²) < 4.78 is 3.07. The van der Waals surface area contributed by atoms with Gasteiger partial charge in [-0.05, 0) is 49.6 Å². The minimum Gasteiger partial charge on any atom is -0.506 e. The van der Waals surface area contributed by atoms with Crippen molar-refractivity contribution in [3.8, 4) is 5.75 Å². The van der Waals surface area contributed by atoms with E-state index in [9.17, 15) is 5.11 Å². The highest BCUT2D eigenvalue weighted by molar-refractivity contribution is 9.11. The first-order chi connectivity index (χ1) is 9.06. The number of nitrogens with zero attached hydrogens (tertiary/aromatic N) is 3. The Kier molecular flexibility index (Phi) is 4.95. The molecule has 2 N–H and O–H groups in total. The Hall–Kier alpha value is -0.920. The highest BCUT2D eigenvalue weighted by Crippen LogP contribution is 2.33. The van der Waals surface area contributed by atoms with E-state index in [1.807, 2.05) is 19.2 Å². The van der Waals surface area contributed by atoms with Gasteiger partial charge in [0.1, 0.15) is 12.1 Å². The maximum absolute atomic E-state index is 9.62. The van der Waals surface area contributed by atoms with E-state index in [0.717, 1.165) is 30.9 Å². The lowest BCUT2D eigenvalue weighted by atomic mass is 10.2. The summed E-state index contributed by atoms with van der Waals surface area (Å²) in [5.41, 5.74) is 1.09. The number of aryl methyl sites for hydroxylation is 1. The molecule has 0 saturated carbocycles. The van der Waals surface area contributed by atoms with Gasteiger partial charge in [-0.3, -0.25) is 4.68 Å². The molecular formula is C12H14Br2N4O. The number of phenolic OH excluding ortho intramolecular Hbond substituents is 1. The van der Waals surface area contributed by atoms with E-state index in [1.54, 1.807) is 11.0 Å². The lowest BCUT2D eigenvalue weighted by molar-refractivity contribution is 0.468. The number of halogens is 2. The third-order valence-electron chi connectivity index (χ3n) is 2.58. The van der Waals surface area contributed by atoms with E-state index in [-0.39, 0.29) is 5.75 Å². The van der Waals surface area contributed by atoms with Crippen LogP contribution in [0.5, 0.6) is 5.75 Å². The zero-order valence-electron chi connectivity index (χ0n) is 10.4.